The van der Waals surface area contributed by atoms with E-state index in [1.807, 2.05) is 71.2 Å². The average Bonchev–Trinajstić information content (AvgIpc) is 3.36. The molecule has 2 heterocycles. The van der Waals surface area contributed by atoms with Crippen LogP contribution in [0.2, 0.25) is 0 Å². The Morgan fingerprint density at radius 1 is 1.06 bits per heavy atom. The molecule has 0 radical (unpaired) electrons. The fourth-order valence-corrected chi connectivity index (χ4v) is 4.66. The highest BCUT2D eigenvalue weighted by atomic mass is 16.5. The lowest BCUT2D eigenvalue weighted by Gasteiger charge is -2.41. The van der Waals surface area contributed by atoms with Crippen molar-refractivity contribution in [3.63, 3.8) is 0 Å². The molecule has 1 amide bonds. The number of carbonyl (C=O) groups is 2. The lowest BCUT2D eigenvalue weighted by atomic mass is 9.75. The smallest absolute Gasteiger partial charge is 0.313 e. The fourth-order valence-electron chi connectivity index (χ4n) is 4.66. The quantitative estimate of drug-likeness (QED) is 0.484. The molecule has 6 nitrogen and oxygen atoms in total. The second kappa shape index (κ2) is 10.5. The van der Waals surface area contributed by atoms with Gasteiger partial charge in [-0.15, -0.1) is 0 Å². The number of piperidine rings is 1. The van der Waals surface area contributed by atoms with E-state index in [-0.39, 0.29) is 11.9 Å². The van der Waals surface area contributed by atoms with Crippen molar-refractivity contribution in [2.45, 2.75) is 39.2 Å². The first kappa shape index (κ1) is 22.8. The van der Waals surface area contributed by atoms with Gasteiger partial charge < -0.3 is 9.64 Å². The zero-order valence-electron chi connectivity index (χ0n) is 19.2. The highest BCUT2D eigenvalue weighted by Crippen LogP contribution is 2.37. The molecular weight excluding hydrogens is 414 g/mol. The first-order valence-corrected chi connectivity index (χ1v) is 11.7. The number of aryl methyl sites for hydroxylation is 1. The summed E-state index contributed by atoms with van der Waals surface area (Å²) >= 11 is 0. The van der Waals surface area contributed by atoms with Gasteiger partial charge in [-0.25, -0.2) is 0 Å². The molecule has 1 atom stereocenters. The summed E-state index contributed by atoms with van der Waals surface area (Å²) < 4.78 is 7.33. The number of aromatic nitrogens is 2. The Labute approximate surface area is 195 Å². The molecule has 172 valence electrons. The second-order valence-corrected chi connectivity index (χ2v) is 8.72. The maximum absolute atomic E-state index is 13.4. The first-order chi connectivity index (χ1) is 16.1. The standard InChI is InChI=1S/C27H31N3O3/c1-2-33-26(32)27(15-13-22-9-4-3-5-10-22)14-7-17-29(21-27)25(31)24-12-6-11-23(19-24)20-30-18-8-16-28-30/h3-6,8-12,16,18-19H,2,7,13-15,17,20-21H2,1H3. The Hall–Kier alpha value is -3.41. The molecule has 4 rings (SSSR count). The minimum absolute atomic E-state index is 0.0367. The summed E-state index contributed by atoms with van der Waals surface area (Å²) in [5.41, 5.74) is 2.17. The number of hydrogen-bond donors (Lipinski definition) is 0. The van der Waals surface area contributed by atoms with Crippen LogP contribution in [0.15, 0.2) is 73.1 Å². The van der Waals surface area contributed by atoms with Crippen molar-refractivity contribution >= 4 is 11.9 Å². The zero-order valence-corrected chi connectivity index (χ0v) is 19.2. The van der Waals surface area contributed by atoms with Gasteiger partial charge >= 0.3 is 5.97 Å². The predicted molar refractivity (Wildman–Crippen MR) is 127 cm³/mol. The third kappa shape index (κ3) is 5.51. The summed E-state index contributed by atoms with van der Waals surface area (Å²) in [6, 6.07) is 19.7. The number of hydrogen-bond acceptors (Lipinski definition) is 4. The second-order valence-electron chi connectivity index (χ2n) is 8.72. The van der Waals surface area contributed by atoms with E-state index in [1.54, 1.807) is 6.20 Å². The van der Waals surface area contributed by atoms with Gasteiger partial charge in [0.15, 0.2) is 0 Å². The molecular formula is C27H31N3O3. The molecule has 2 aromatic carbocycles. The topological polar surface area (TPSA) is 64.4 Å². The molecule has 1 aliphatic heterocycles. The molecule has 3 aromatic rings. The zero-order chi connectivity index (χ0) is 23.1. The highest BCUT2D eigenvalue weighted by molar-refractivity contribution is 5.95. The monoisotopic (exact) mass is 445 g/mol. The van der Waals surface area contributed by atoms with Crippen molar-refractivity contribution in [1.82, 2.24) is 14.7 Å². The molecule has 0 spiro atoms. The van der Waals surface area contributed by atoms with Gasteiger partial charge in [-0.3, -0.25) is 14.3 Å². The van der Waals surface area contributed by atoms with Crippen LogP contribution < -0.4 is 0 Å². The number of nitrogens with zero attached hydrogens (tertiary/aromatic N) is 3. The number of likely N-dealkylation sites (tertiary alicyclic amines) is 1. The van der Waals surface area contributed by atoms with E-state index in [1.165, 1.54) is 5.56 Å². The van der Waals surface area contributed by atoms with Crippen molar-refractivity contribution in [3.05, 3.63) is 89.7 Å². The predicted octanol–water partition coefficient (Wildman–Crippen LogP) is 4.35. The average molecular weight is 446 g/mol. The largest absolute Gasteiger partial charge is 0.466 e. The van der Waals surface area contributed by atoms with Gasteiger partial charge in [-0.1, -0.05) is 42.5 Å². The molecule has 0 aliphatic carbocycles. The Morgan fingerprint density at radius 3 is 2.64 bits per heavy atom. The number of amides is 1. The van der Waals surface area contributed by atoms with Gasteiger partial charge in [0.1, 0.15) is 0 Å². The van der Waals surface area contributed by atoms with E-state index in [0.717, 1.165) is 24.8 Å². The van der Waals surface area contributed by atoms with Crippen molar-refractivity contribution in [1.29, 1.82) is 0 Å². The van der Waals surface area contributed by atoms with Crippen molar-refractivity contribution in [2.24, 2.45) is 5.41 Å². The van der Waals surface area contributed by atoms with Crippen LogP contribution in [-0.2, 0) is 22.5 Å². The van der Waals surface area contributed by atoms with Crippen LogP contribution >= 0.6 is 0 Å². The van der Waals surface area contributed by atoms with Crippen molar-refractivity contribution in [2.75, 3.05) is 19.7 Å². The van der Waals surface area contributed by atoms with Gasteiger partial charge in [0.25, 0.3) is 5.91 Å². The van der Waals surface area contributed by atoms with E-state index in [2.05, 4.69) is 17.2 Å². The van der Waals surface area contributed by atoms with E-state index in [0.29, 0.717) is 38.2 Å². The lowest BCUT2D eigenvalue weighted by molar-refractivity contribution is -0.159. The highest BCUT2D eigenvalue weighted by Gasteiger charge is 2.44. The molecule has 1 unspecified atom stereocenters. The summed E-state index contributed by atoms with van der Waals surface area (Å²) in [6.07, 6.45) is 6.61. The van der Waals surface area contributed by atoms with Crippen LogP contribution in [-0.4, -0.2) is 46.3 Å². The maximum atomic E-state index is 13.4. The Kier molecular flexibility index (Phi) is 7.23. The Bertz CT molecular complexity index is 1070. The molecule has 6 heteroatoms. The minimum atomic E-state index is -0.674. The summed E-state index contributed by atoms with van der Waals surface area (Å²) in [7, 11) is 0. The van der Waals surface area contributed by atoms with Gasteiger partial charge in [-0.05, 0) is 61.9 Å². The van der Waals surface area contributed by atoms with E-state index < -0.39 is 5.41 Å². The molecule has 1 aromatic heterocycles. The summed E-state index contributed by atoms with van der Waals surface area (Å²) in [5.74, 6) is -0.226. The maximum Gasteiger partial charge on any atom is 0.313 e. The van der Waals surface area contributed by atoms with E-state index >= 15 is 0 Å². The lowest BCUT2D eigenvalue weighted by Crippen LogP contribution is -2.50. The molecule has 1 saturated heterocycles. The number of carbonyl (C=O) groups excluding carboxylic acids is 2. The van der Waals surface area contributed by atoms with Crippen LogP contribution in [0.3, 0.4) is 0 Å². The summed E-state index contributed by atoms with van der Waals surface area (Å²) in [5, 5.41) is 4.25. The van der Waals surface area contributed by atoms with Gasteiger partial charge in [0.2, 0.25) is 0 Å². The number of esters is 1. The van der Waals surface area contributed by atoms with Gasteiger partial charge in [0.05, 0.1) is 18.6 Å². The van der Waals surface area contributed by atoms with Crippen LogP contribution in [0.4, 0.5) is 0 Å². The van der Waals surface area contributed by atoms with E-state index in [9.17, 15) is 9.59 Å². The van der Waals surface area contributed by atoms with Gasteiger partial charge in [-0.2, -0.15) is 5.10 Å². The summed E-state index contributed by atoms with van der Waals surface area (Å²) in [4.78, 5) is 28.4. The molecule has 1 fully saturated rings. The summed E-state index contributed by atoms with van der Waals surface area (Å²) in [6.45, 7) is 3.82. The van der Waals surface area contributed by atoms with Crippen LogP contribution in [0.5, 0.6) is 0 Å². The first-order valence-electron chi connectivity index (χ1n) is 11.7. The van der Waals surface area contributed by atoms with Crippen LogP contribution in [0, 0.1) is 5.41 Å². The molecule has 0 bridgehead atoms. The number of benzene rings is 2. The number of ether oxygens (including phenoxy) is 1. The normalized spacial score (nSPS) is 18.2. The SMILES string of the molecule is CCOC(=O)C1(CCc2ccccc2)CCCN(C(=O)c2cccc(Cn3cccn3)c2)C1. The van der Waals surface area contributed by atoms with Crippen molar-refractivity contribution in [3.8, 4) is 0 Å². The Balaban J connectivity index is 1.51. The molecule has 1 aliphatic rings. The minimum Gasteiger partial charge on any atom is -0.466 e. The van der Waals surface area contributed by atoms with Crippen LogP contribution in [0.25, 0.3) is 0 Å². The molecule has 33 heavy (non-hydrogen) atoms. The molecule has 0 N–H and O–H groups in total. The van der Waals surface area contributed by atoms with Crippen molar-refractivity contribution < 1.29 is 14.3 Å². The van der Waals surface area contributed by atoms with E-state index in [4.69, 9.17) is 4.74 Å². The third-order valence-electron chi connectivity index (χ3n) is 6.39. The Morgan fingerprint density at radius 2 is 1.88 bits per heavy atom. The van der Waals surface area contributed by atoms with Gasteiger partial charge in [0, 0.05) is 31.0 Å². The number of rotatable bonds is 8. The third-order valence-corrected chi connectivity index (χ3v) is 6.39. The molecule has 0 saturated carbocycles. The fraction of sp³-hybridized carbons (Fsp3) is 0.370. The van der Waals surface area contributed by atoms with Crippen LogP contribution in [0.1, 0.15) is 47.7 Å².